The fourth-order valence-corrected chi connectivity index (χ4v) is 2.06. The maximum absolute atomic E-state index is 12.3. The van der Waals surface area contributed by atoms with Crippen molar-refractivity contribution in [3.05, 3.63) is 22.7 Å². The topological polar surface area (TPSA) is 38.8 Å². The van der Waals surface area contributed by atoms with Crippen LogP contribution in [-0.4, -0.2) is 38.1 Å². The number of halogens is 1. The lowest BCUT2D eigenvalue weighted by molar-refractivity contribution is 0.0769. The Labute approximate surface area is 112 Å². The lowest BCUT2D eigenvalue weighted by Crippen LogP contribution is -2.30. The maximum Gasteiger partial charge on any atom is 0.257 e. The second kappa shape index (κ2) is 6.50. The summed E-state index contributed by atoms with van der Waals surface area (Å²) < 4.78 is 10.3. The van der Waals surface area contributed by atoms with Crippen molar-refractivity contribution in [3.63, 3.8) is 0 Å². The van der Waals surface area contributed by atoms with E-state index in [9.17, 15) is 4.79 Å². The first kappa shape index (κ1) is 14.6. The van der Waals surface area contributed by atoms with Crippen LogP contribution in [0.25, 0.3) is 0 Å². The van der Waals surface area contributed by atoms with Gasteiger partial charge in [0, 0.05) is 13.1 Å². The van der Waals surface area contributed by atoms with E-state index in [0.717, 1.165) is 0 Å². The molecule has 0 aliphatic carbocycles. The highest BCUT2D eigenvalue weighted by Crippen LogP contribution is 2.37. The summed E-state index contributed by atoms with van der Waals surface area (Å²) in [5.74, 6) is 0.749. The van der Waals surface area contributed by atoms with Crippen LogP contribution in [0.2, 0.25) is 5.02 Å². The Hall–Kier alpha value is -1.42. The lowest BCUT2D eigenvalue weighted by atomic mass is 10.1. The fourth-order valence-electron chi connectivity index (χ4n) is 1.74. The van der Waals surface area contributed by atoms with Crippen molar-refractivity contribution in [2.45, 2.75) is 13.8 Å². The Balaban J connectivity index is 3.24. The molecule has 100 valence electrons. The van der Waals surface area contributed by atoms with Crippen molar-refractivity contribution >= 4 is 17.5 Å². The molecule has 0 aromatic heterocycles. The van der Waals surface area contributed by atoms with E-state index in [-0.39, 0.29) is 5.91 Å². The molecular formula is C13H18ClNO3. The number of ether oxygens (including phenoxy) is 2. The standard InChI is InChI=1S/C13H18ClNO3/c1-5-15(6-2)13(16)9-7-8-10(17-3)11(14)12(9)18-4/h7-8H,5-6H2,1-4H3. The Kier molecular flexibility index (Phi) is 5.28. The summed E-state index contributed by atoms with van der Waals surface area (Å²) in [7, 11) is 3.01. The molecule has 0 radical (unpaired) electrons. The van der Waals surface area contributed by atoms with Crippen molar-refractivity contribution in [3.8, 4) is 11.5 Å². The zero-order valence-electron chi connectivity index (χ0n) is 11.1. The van der Waals surface area contributed by atoms with E-state index in [0.29, 0.717) is 35.2 Å². The van der Waals surface area contributed by atoms with Crippen molar-refractivity contribution < 1.29 is 14.3 Å². The van der Waals surface area contributed by atoms with Gasteiger partial charge in [-0.1, -0.05) is 11.6 Å². The number of rotatable bonds is 5. The van der Waals surface area contributed by atoms with E-state index in [1.807, 2.05) is 13.8 Å². The van der Waals surface area contributed by atoms with Gasteiger partial charge < -0.3 is 14.4 Å². The molecule has 0 bridgehead atoms. The highest BCUT2D eigenvalue weighted by molar-refractivity contribution is 6.34. The van der Waals surface area contributed by atoms with Gasteiger partial charge in [-0.3, -0.25) is 4.79 Å². The third-order valence-corrected chi connectivity index (χ3v) is 3.12. The molecule has 0 heterocycles. The maximum atomic E-state index is 12.3. The van der Waals surface area contributed by atoms with Crippen LogP contribution in [0.4, 0.5) is 0 Å². The SMILES string of the molecule is CCN(CC)C(=O)c1ccc(OC)c(Cl)c1OC. The highest BCUT2D eigenvalue weighted by atomic mass is 35.5. The molecule has 0 N–H and O–H groups in total. The molecular weight excluding hydrogens is 254 g/mol. The fraction of sp³-hybridized carbons (Fsp3) is 0.462. The normalized spacial score (nSPS) is 10.1. The van der Waals surface area contributed by atoms with Crippen LogP contribution < -0.4 is 9.47 Å². The van der Waals surface area contributed by atoms with Crippen LogP contribution in [-0.2, 0) is 0 Å². The van der Waals surface area contributed by atoms with E-state index in [1.165, 1.54) is 14.2 Å². The van der Waals surface area contributed by atoms with Crippen LogP contribution in [0.1, 0.15) is 24.2 Å². The van der Waals surface area contributed by atoms with Gasteiger partial charge >= 0.3 is 0 Å². The highest BCUT2D eigenvalue weighted by Gasteiger charge is 2.21. The minimum absolute atomic E-state index is 0.0959. The van der Waals surface area contributed by atoms with Gasteiger partial charge in [0.1, 0.15) is 10.8 Å². The summed E-state index contributed by atoms with van der Waals surface area (Å²) >= 11 is 6.13. The molecule has 1 aromatic carbocycles. The van der Waals surface area contributed by atoms with Gasteiger partial charge in [0.25, 0.3) is 5.91 Å². The molecule has 0 saturated carbocycles. The summed E-state index contributed by atoms with van der Waals surface area (Å²) in [5.41, 5.74) is 0.451. The van der Waals surface area contributed by atoms with Crippen LogP contribution in [0, 0.1) is 0 Å². The van der Waals surface area contributed by atoms with Gasteiger partial charge in [0.05, 0.1) is 19.8 Å². The molecule has 1 rings (SSSR count). The van der Waals surface area contributed by atoms with Crippen LogP contribution >= 0.6 is 11.6 Å². The third-order valence-electron chi connectivity index (χ3n) is 2.77. The number of amides is 1. The Morgan fingerprint density at radius 3 is 2.28 bits per heavy atom. The zero-order chi connectivity index (χ0) is 13.7. The first-order chi connectivity index (χ1) is 8.60. The summed E-state index contributed by atoms with van der Waals surface area (Å²) in [4.78, 5) is 14.0. The average molecular weight is 272 g/mol. The van der Waals surface area contributed by atoms with Crippen LogP contribution in [0.3, 0.4) is 0 Å². The van der Waals surface area contributed by atoms with Gasteiger partial charge in [-0.25, -0.2) is 0 Å². The van der Waals surface area contributed by atoms with Crippen molar-refractivity contribution in [2.75, 3.05) is 27.3 Å². The van der Waals surface area contributed by atoms with E-state index < -0.39 is 0 Å². The summed E-state index contributed by atoms with van der Waals surface area (Å²) in [5, 5.41) is 0.318. The molecule has 0 atom stereocenters. The predicted octanol–water partition coefficient (Wildman–Crippen LogP) is 2.84. The number of methoxy groups -OCH3 is 2. The Bertz CT molecular complexity index is 430. The largest absolute Gasteiger partial charge is 0.495 e. The number of benzene rings is 1. The summed E-state index contributed by atoms with van der Waals surface area (Å²) in [6.07, 6.45) is 0. The smallest absolute Gasteiger partial charge is 0.257 e. The Morgan fingerprint density at radius 2 is 1.83 bits per heavy atom. The molecule has 0 aliphatic heterocycles. The second-order valence-corrected chi connectivity index (χ2v) is 4.02. The van der Waals surface area contributed by atoms with Crippen LogP contribution in [0.5, 0.6) is 11.5 Å². The molecule has 1 amide bonds. The molecule has 5 heteroatoms. The number of hydrogen-bond donors (Lipinski definition) is 0. The molecule has 0 aliphatic rings. The van der Waals surface area contributed by atoms with Gasteiger partial charge in [-0.2, -0.15) is 0 Å². The van der Waals surface area contributed by atoms with Gasteiger partial charge in [0.2, 0.25) is 0 Å². The molecule has 0 fully saturated rings. The minimum atomic E-state index is -0.0959. The Morgan fingerprint density at radius 1 is 1.22 bits per heavy atom. The van der Waals surface area contributed by atoms with E-state index in [1.54, 1.807) is 17.0 Å². The number of carbonyl (C=O) groups is 1. The molecule has 0 unspecified atom stereocenters. The summed E-state index contributed by atoms with van der Waals surface area (Å²) in [6, 6.07) is 3.34. The molecule has 0 saturated heterocycles. The number of carbonyl (C=O) groups excluding carboxylic acids is 1. The molecule has 1 aromatic rings. The average Bonchev–Trinajstić information content (AvgIpc) is 2.39. The predicted molar refractivity (Wildman–Crippen MR) is 71.8 cm³/mol. The van der Waals surface area contributed by atoms with Gasteiger partial charge in [-0.05, 0) is 26.0 Å². The quantitative estimate of drug-likeness (QED) is 0.827. The minimum Gasteiger partial charge on any atom is -0.495 e. The molecule has 18 heavy (non-hydrogen) atoms. The van der Waals surface area contributed by atoms with Crippen LogP contribution in [0.15, 0.2) is 12.1 Å². The second-order valence-electron chi connectivity index (χ2n) is 3.64. The van der Waals surface area contributed by atoms with E-state index in [4.69, 9.17) is 21.1 Å². The van der Waals surface area contributed by atoms with E-state index in [2.05, 4.69) is 0 Å². The number of nitrogens with zero attached hydrogens (tertiary/aromatic N) is 1. The zero-order valence-corrected chi connectivity index (χ0v) is 11.9. The third kappa shape index (κ3) is 2.70. The first-order valence-corrected chi connectivity index (χ1v) is 6.18. The first-order valence-electron chi connectivity index (χ1n) is 5.80. The van der Waals surface area contributed by atoms with Crippen molar-refractivity contribution in [2.24, 2.45) is 0 Å². The molecule has 4 nitrogen and oxygen atoms in total. The van der Waals surface area contributed by atoms with Gasteiger partial charge in [0.15, 0.2) is 5.75 Å². The van der Waals surface area contributed by atoms with Crippen molar-refractivity contribution in [1.82, 2.24) is 4.90 Å². The van der Waals surface area contributed by atoms with Gasteiger partial charge in [-0.15, -0.1) is 0 Å². The number of hydrogen-bond acceptors (Lipinski definition) is 3. The monoisotopic (exact) mass is 271 g/mol. The van der Waals surface area contributed by atoms with E-state index >= 15 is 0 Å². The molecule has 0 spiro atoms. The summed E-state index contributed by atoms with van der Waals surface area (Å²) in [6.45, 7) is 5.14. The lowest BCUT2D eigenvalue weighted by Gasteiger charge is -2.20. The van der Waals surface area contributed by atoms with Crippen molar-refractivity contribution in [1.29, 1.82) is 0 Å².